The first-order valence-corrected chi connectivity index (χ1v) is 5.23. The van der Waals surface area contributed by atoms with Crippen molar-refractivity contribution in [3.8, 4) is 0 Å². The third-order valence-corrected chi connectivity index (χ3v) is 2.52. The molecule has 86 valence electrons. The first kappa shape index (κ1) is 11.0. The lowest BCUT2D eigenvalue weighted by Crippen LogP contribution is -2.27. The largest absolute Gasteiger partial charge is 0.365 e. The average Bonchev–Trinajstić information content (AvgIpc) is 2.68. The van der Waals surface area contributed by atoms with Gasteiger partial charge in [-0.15, -0.1) is 0 Å². The fourth-order valence-corrected chi connectivity index (χ4v) is 1.67. The van der Waals surface area contributed by atoms with Gasteiger partial charge < -0.3 is 10.1 Å². The van der Waals surface area contributed by atoms with E-state index in [4.69, 9.17) is 4.74 Å². The molecule has 2 unspecified atom stereocenters. The van der Waals surface area contributed by atoms with Crippen molar-refractivity contribution in [2.24, 2.45) is 0 Å². The summed E-state index contributed by atoms with van der Waals surface area (Å²) in [4.78, 5) is 15.1. The number of ether oxygens (including phenoxy) is 1. The molecule has 1 fully saturated rings. The third-order valence-electron chi connectivity index (χ3n) is 2.52. The summed E-state index contributed by atoms with van der Waals surface area (Å²) in [6.07, 6.45) is 2.62. The van der Waals surface area contributed by atoms with E-state index in [1.54, 1.807) is 0 Å². The summed E-state index contributed by atoms with van der Waals surface area (Å²) >= 11 is 0. The molecule has 0 bridgehead atoms. The number of nitrogens with one attached hydrogen (secondary N) is 1. The third kappa shape index (κ3) is 2.55. The molecule has 2 rings (SSSR count). The van der Waals surface area contributed by atoms with E-state index in [2.05, 4.69) is 10.3 Å². The van der Waals surface area contributed by atoms with E-state index >= 15 is 0 Å². The van der Waals surface area contributed by atoms with Gasteiger partial charge in [-0.25, -0.2) is 4.98 Å². The zero-order chi connectivity index (χ0) is 11.5. The molecular weight excluding hydrogens is 211 g/mol. The average molecular weight is 224 g/mol. The fraction of sp³-hybridized carbons (Fsp3) is 0.455. The van der Waals surface area contributed by atoms with Gasteiger partial charge in [0, 0.05) is 0 Å². The topological polar surface area (TPSA) is 51.2 Å². The second-order valence-corrected chi connectivity index (χ2v) is 3.87. The maximum absolute atomic E-state index is 12.5. The Kier molecular flexibility index (Phi) is 3.14. The summed E-state index contributed by atoms with van der Waals surface area (Å²) in [7, 11) is 0. The minimum atomic E-state index is -0.566. The Hall–Kier alpha value is -1.49. The molecule has 0 radical (unpaired) electrons. The predicted molar refractivity (Wildman–Crippen MR) is 56.4 cm³/mol. The molecule has 0 aromatic carbocycles. The van der Waals surface area contributed by atoms with Crippen LogP contribution in [-0.2, 0) is 9.53 Å². The van der Waals surface area contributed by atoms with Crippen LogP contribution in [0, 0.1) is 5.95 Å². The minimum Gasteiger partial charge on any atom is -0.365 e. The number of rotatable bonds is 2. The molecule has 1 aliphatic heterocycles. The molecule has 0 saturated carbocycles. The molecule has 1 aromatic rings. The van der Waals surface area contributed by atoms with E-state index in [1.807, 2.05) is 6.92 Å². The Bertz CT molecular complexity index is 380. The lowest BCUT2D eigenvalue weighted by molar-refractivity contribution is -0.126. The number of aromatic nitrogens is 1. The molecule has 1 N–H and O–H groups in total. The molecule has 1 aromatic heterocycles. The number of amides is 1. The quantitative estimate of drug-likeness (QED) is 0.778. The van der Waals surface area contributed by atoms with Crippen LogP contribution in [0.5, 0.6) is 0 Å². The first-order valence-electron chi connectivity index (χ1n) is 5.23. The van der Waals surface area contributed by atoms with Crippen LogP contribution < -0.4 is 5.32 Å². The summed E-state index contributed by atoms with van der Waals surface area (Å²) < 4.78 is 17.9. The second kappa shape index (κ2) is 4.57. The number of anilines is 1. The van der Waals surface area contributed by atoms with E-state index in [0.29, 0.717) is 5.69 Å². The van der Waals surface area contributed by atoms with Gasteiger partial charge in [0.25, 0.3) is 5.91 Å². The van der Waals surface area contributed by atoms with Gasteiger partial charge in [-0.2, -0.15) is 4.39 Å². The van der Waals surface area contributed by atoms with E-state index in [-0.39, 0.29) is 12.0 Å². The lowest BCUT2D eigenvalue weighted by Gasteiger charge is -2.11. The van der Waals surface area contributed by atoms with Crippen molar-refractivity contribution in [1.82, 2.24) is 4.98 Å². The standard InChI is InChI=1S/C11H13FN2O2/c1-7-2-4-9(16-7)11(15)14-8-3-5-10(12)13-6-8/h3,5-7,9H,2,4H2,1H3,(H,14,15). The summed E-state index contributed by atoms with van der Waals surface area (Å²) in [6.45, 7) is 1.94. The van der Waals surface area contributed by atoms with Crippen LogP contribution in [0.3, 0.4) is 0 Å². The maximum Gasteiger partial charge on any atom is 0.253 e. The van der Waals surface area contributed by atoms with E-state index in [0.717, 1.165) is 12.8 Å². The number of carbonyl (C=O) groups excluding carboxylic acids is 1. The van der Waals surface area contributed by atoms with Crippen LogP contribution in [0.1, 0.15) is 19.8 Å². The molecule has 4 nitrogen and oxygen atoms in total. The molecule has 0 spiro atoms. The Morgan fingerprint density at radius 2 is 2.38 bits per heavy atom. The van der Waals surface area contributed by atoms with Gasteiger partial charge in [-0.05, 0) is 31.9 Å². The molecule has 2 heterocycles. The molecular formula is C11H13FN2O2. The van der Waals surface area contributed by atoms with Crippen molar-refractivity contribution >= 4 is 11.6 Å². The Balaban J connectivity index is 1.94. The summed E-state index contributed by atoms with van der Waals surface area (Å²) in [5.41, 5.74) is 0.481. The Morgan fingerprint density at radius 1 is 1.56 bits per heavy atom. The van der Waals surface area contributed by atoms with Crippen LogP contribution in [-0.4, -0.2) is 23.1 Å². The van der Waals surface area contributed by atoms with E-state index < -0.39 is 12.1 Å². The SMILES string of the molecule is CC1CCC(C(=O)Nc2ccc(F)nc2)O1. The number of hydrogen-bond acceptors (Lipinski definition) is 3. The summed E-state index contributed by atoms with van der Waals surface area (Å²) in [5.74, 6) is -0.763. The highest BCUT2D eigenvalue weighted by atomic mass is 19.1. The van der Waals surface area contributed by atoms with Crippen molar-refractivity contribution < 1.29 is 13.9 Å². The molecule has 16 heavy (non-hydrogen) atoms. The highest BCUT2D eigenvalue weighted by Crippen LogP contribution is 2.20. The number of pyridine rings is 1. The molecule has 5 heteroatoms. The van der Waals surface area contributed by atoms with Gasteiger partial charge in [-0.1, -0.05) is 0 Å². The van der Waals surface area contributed by atoms with E-state index in [1.165, 1.54) is 18.3 Å². The van der Waals surface area contributed by atoms with Crippen LogP contribution in [0.25, 0.3) is 0 Å². The zero-order valence-corrected chi connectivity index (χ0v) is 8.94. The number of carbonyl (C=O) groups is 1. The number of halogens is 1. The van der Waals surface area contributed by atoms with Gasteiger partial charge >= 0.3 is 0 Å². The van der Waals surface area contributed by atoms with Crippen LogP contribution in [0.4, 0.5) is 10.1 Å². The molecule has 0 aliphatic carbocycles. The van der Waals surface area contributed by atoms with Crippen molar-refractivity contribution in [2.75, 3.05) is 5.32 Å². The number of hydrogen-bond donors (Lipinski definition) is 1. The first-order chi connectivity index (χ1) is 7.65. The van der Waals surface area contributed by atoms with Gasteiger partial charge in [-0.3, -0.25) is 4.79 Å². The molecule has 1 amide bonds. The van der Waals surface area contributed by atoms with Crippen LogP contribution in [0.15, 0.2) is 18.3 Å². The van der Waals surface area contributed by atoms with Gasteiger partial charge in [0.15, 0.2) is 0 Å². The summed E-state index contributed by atoms with van der Waals surface area (Å²) in [5, 5.41) is 2.64. The molecule has 1 aliphatic rings. The van der Waals surface area contributed by atoms with Gasteiger partial charge in [0.1, 0.15) is 6.10 Å². The Morgan fingerprint density at radius 3 is 2.94 bits per heavy atom. The van der Waals surface area contributed by atoms with Crippen LogP contribution in [0.2, 0.25) is 0 Å². The second-order valence-electron chi connectivity index (χ2n) is 3.87. The van der Waals surface area contributed by atoms with Crippen molar-refractivity contribution in [3.05, 3.63) is 24.3 Å². The minimum absolute atomic E-state index is 0.127. The molecule has 1 saturated heterocycles. The Labute approximate surface area is 92.8 Å². The fourth-order valence-electron chi connectivity index (χ4n) is 1.67. The maximum atomic E-state index is 12.5. The highest BCUT2D eigenvalue weighted by molar-refractivity contribution is 5.94. The van der Waals surface area contributed by atoms with Crippen molar-refractivity contribution in [1.29, 1.82) is 0 Å². The van der Waals surface area contributed by atoms with E-state index in [9.17, 15) is 9.18 Å². The lowest BCUT2D eigenvalue weighted by atomic mass is 10.2. The normalized spacial score (nSPS) is 24.4. The highest BCUT2D eigenvalue weighted by Gasteiger charge is 2.28. The van der Waals surface area contributed by atoms with Crippen LogP contribution >= 0.6 is 0 Å². The monoisotopic (exact) mass is 224 g/mol. The van der Waals surface area contributed by atoms with Gasteiger partial charge in [0.2, 0.25) is 5.95 Å². The van der Waals surface area contributed by atoms with Gasteiger partial charge in [0.05, 0.1) is 18.0 Å². The zero-order valence-electron chi connectivity index (χ0n) is 8.94. The number of nitrogens with zero attached hydrogens (tertiary/aromatic N) is 1. The van der Waals surface area contributed by atoms with Crippen molar-refractivity contribution in [2.45, 2.75) is 32.0 Å². The predicted octanol–water partition coefficient (Wildman–Crippen LogP) is 1.73. The van der Waals surface area contributed by atoms with Crippen molar-refractivity contribution in [3.63, 3.8) is 0 Å². The molecule has 2 atom stereocenters. The summed E-state index contributed by atoms with van der Waals surface area (Å²) in [6, 6.07) is 2.67. The smallest absolute Gasteiger partial charge is 0.253 e.